The van der Waals surface area contributed by atoms with Gasteiger partial charge in [-0.3, -0.25) is 9.59 Å². The van der Waals surface area contributed by atoms with Crippen LogP contribution in [0.4, 0.5) is 0 Å². The molecule has 0 radical (unpaired) electrons. The first-order chi connectivity index (χ1) is 19.3. The molecule has 7 heteroatoms. The maximum atomic E-state index is 13.6. The molecule has 5 nitrogen and oxygen atoms in total. The maximum absolute atomic E-state index is 13.6. The zero-order valence-corrected chi connectivity index (χ0v) is 27.2. The van der Waals surface area contributed by atoms with Gasteiger partial charge in [-0.2, -0.15) is 0 Å². The van der Waals surface area contributed by atoms with E-state index in [1.807, 2.05) is 26.2 Å². The van der Waals surface area contributed by atoms with E-state index < -0.39 is 0 Å². The molecule has 0 aliphatic carbocycles. The van der Waals surface area contributed by atoms with Crippen molar-refractivity contribution in [2.45, 2.75) is 71.6 Å². The van der Waals surface area contributed by atoms with E-state index in [9.17, 15) is 9.59 Å². The third kappa shape index (κ3) is 7.47. The van der Waals surface area contributed by atoms with Crippen LogP contribution in [-0.4, -0.2) is 73.3 Å². The van der Waals surface area contributed by atoms with Crippen LogP contribution in [0.1, 0.15) is 68.2 Å². The fourth-order valence-corrected chi connectivity index (χ4v) is 7.51. The zero-order valence-electron chi connectivity index (χ0n) is 25.7. The molecule has 2 aromatic carbocycles. The number of carbonyl (C=O) groups is 2. The van der Waals surface area contributed by atoms with Crippen molar-refractivity contribution in [1.29, 1.82) is 0 Å². The number of carbonyl (C=O) groups excluding carboxylic acids is 2. The molecule has 2 saturated heterocycles. The van der Waals surface area contributed by atoms with Crippen LogP contribution >= 0.6 is 23.2 Å². The molecule has 2 aliphatic rings. The lowest BCUT2D eigenvalue weighted by atomic mass is 9.70. The lowest BCUT2D eigenvalue weighted by Gasteiger charge is -2.46. The Balaban J connectivity index is 1.48. The van der Waals surface area contributed by atoms with Crippen molar-refractivity contribution in [2.75, 3.05) is 46.8 Å². The molecular weight excluding hydrogens is 553 g/mol. The number of benzene rings is 2. The van der Waals surface area contributed by atoms with Crippen LogP contribution in [-0.2, 0) is 21.4 Å². The van der Waals surface area contributed by atoms with Crippen LogP contribution in [0.25, 0.3) is 0 Å². The fraction of sp³-hybridized carbons (Fsp3) is 0.588. The maximum Gasteiger partial charge on any atom is 0.227 e. The Morgan fingerprint density at radius 3 is 2.24 bits per heavy atom. The van der Waals surface area contributed by atoms with E-state index in [0.717, 1.165) is 63.8 Å². The first-order valence-corrected chi connectivity index (χ1v) is 15.8. The largest absolute Gasteiger partial charge is 0.348 e. The molecule has 2 amide bonds. The predicted octanol–water partition coefficient (Wildman–Crippen LogP) is 6.93. The van der Waals surface area contributed by atoms with Gasteiger partial charge in [0.05, 0.1) is 16.5 Å². The standard InChI is InChI=1S/C34H47Cl2N3O2/c1-24-18-25(2)20-26(19-24)21-31(40)39-14-7-12-34(23-39,28-8-9-29(35)30(36)22-28)13-17-38-15-10-27(11-16-38)33(3,4)32(41)37(5)6/h8-9,18-20,22,27H,7,10-17,21,23H2,1-6H3. The highest BCUT2D eigenvalue weighted by Gasteiger charge is 2.41. The first kappa shape index (κ1) is 31.8. The molecule has 0 bridgehead atoms. The fourth-order valence-electron chi connectivity index (χ4n) is 7.21. The van der Waals surface area contributed by atoms with Crippen molar-refractivity contribution in [3.8, 4) is 0 Å². The average molecular weight is 601 g/mol. The summed E-state index contributed by atoms with van der Waals surface area (Å²) in [7, 11) is 3.70. The number of aryl methyl sites for hydroxylation is 2. The van der Waals surface area contributed by atoms with E-state index in [1.165, 1.54) is 16.7 Å². The van der Waals surface area contributed by atoms with Gasteiger partial charge < -0.3 is 14.7 Å². The SMILES string of the molecule is Cc1cc(C)cc(CC(=O)N2CCCC(CCN3CCC(C(C)(C)C(=O)N(C)C)CC3)(c3ccc(Cl)c(Cl)c3)C2)c1. The Morgan fingerprint density at radius 1 is 0.976 bits per heavy atom. The van der Waals surface area contributed by atoms with Crippen LogP contribution in [0.2, 0.25) is 10.0 Å². The van der Waals surface area contributed by atoms with Crippen molar-refractivity contribution >= 4 is 35.0 Å². The summed E-state index contributed by atoms with van der Waals surface area (Å²) >= 11 is 12.9. The van der Waals surface area contributed by atoms with Gasteiger partial charge in [-0.15, -0.1) is 0 Å². The highest BCUT2D eigenvalue weighted by atomic mass is 35.5. The van der Waals surface area contributed by atoms with Gasteiger partial charge in [0.1, 0.15) is 0 Å². The molecule has 1 unspecified atom stereocenters. The molecular formula is C34H47Cl2N3O2. The number of amides is 2. The lowest BCUT2D eigenvalue weighted by molar-refractivity contribution is -0.141. The van der Waals surface area contributed by atoms with Crippen molar-refractivity contribution in [3.05, 3.63) is 68.7 Å². The van der Waals surface area contributed by atoms with Crippen LogP contribution in [0.5, 0.6) is 0 Å². The summed E-state index contributed by atoms with van der Waals surface area (Å²) in [5.74, 6) is 0.779. The van der Waals surface area contributed by atoms with Gasteiger partial charge in [0.25, 0.3) is 0 Å². The van der Waals surface area contributed by atoms with E-state index in [-0.39, 0.29) is 22.6 Å². The van der Waals surface area contributed by atoms with Gasteiger partial charge in [-0.05, 0) is 94.8 Å². The topological polar surface area (TPSA) is 43.9 Å². The monoisotopic (exact) mass is 599 g/mol. The molecule has 4 rings (SSSR count). The smallest absolute Gasteiger partial charge is 0.227 e. The molecule has 0 aromatic heterocycles. The average Bonchev–Trinajstić information content (AvgIpc) is 2.92. The first-order valence-electron chi connectivity index (χ1n) is 15.1. The molecule has 2 heterocycles. The predicted molar refractivity (Wildman–Crippen MR) is 170 cm³/mol. The Morgan fingerprint density at radius 2 is 1.63 bits per heavy atom. The summed E-state index contributed by atoms with van der Waals surface area (Å²) in [5, 5.41) is 1.12. The van der Waals surface area contributed by atoms with Crippen LogP contribution in [0.3, 0.4) is 0 Å². The van der Waals surface area contributed by atoms with Gasteiger partial charge >= 0.3 is 0 Å². The summed E-state index contributed by atoms with van der Waals surface area (Å²) in [6.45, 7) is 12.8. The minimum Gasteiger partial charge on any atom is -0.348 e. The number of hydrogen-bond acceptors (Lipinski definition) is 3. The Kier molecular flexibility index (Phi) is 10.1. The number of nitrogens with zero attached hydrogens (tertiary/aromatic N) is 3. The normalized spacial score (nSPS) is 20.7. The summed E-state index contributed by atoms with van der Waals surface area (Å²) in [6, 6.07) is 12.4. The number of rotatable bonds is 8. The second kappa shape index (κ2) is 13.1. The van der Waals surface area contributed by atoms with E-state index >= 15 is 0 Å². The summed E-state index contributed by atoms with van der Waals surface area (Å²) < 4.78 is 0. The molecule has 0 saturated carbocycles. The molecule has 1 atom stereocenters. The molecule has 0 spiro atoms. The van der Waals surface area contributed by atoms with Crippen LogP contribution < -0.4 is 0 Å². The van der Waals surface area contributed by atoms with Crippen LogP contribution in [0.15, 0.2) is 36.4 Å². The van der Waals surface area contributed by atoms with Crippen LogP contribution in [0, 0.1) is 25.2 Å². The van der Waals surface area contributed by atoms with Gasteiger partial charge in [0.15, 0.2) is 0 Å². The summed E-state index contributed by atoms with van der Waals surface area (Å²) in [4.78, 5) is 32.8. The molecule has 2 fully saturated rings. The van der Waals surface area contributed by atoms with Gasteiger partial charge in [-0.1, -0.05) is 72.4 Å². The van der Waals surface area contributed by atoms with Crippen molar-refractivity contribution in [1.82, 2.24) is 14.7 Å². The number of hydrogen-bond donors (Lipinski definition) is 0. The van der Waals surface area contributed by atoms with E-state index in [2.05, 4.69) is 61.8 Å². The Bertz CT molecular complexity index is 1230. The number of piperidine rings is 2. The molecule has 224 valence electrons. The Hall–Kier alpha value is -2.08. The highest BCUT2D eigenvalue weighted by molar-refractivity contribution is 6.42. The molecule has 2 aromatic rings. The molecule has 41 heavy (non-hydrogen) atoms. The minimum absolute atomic E-state index is 0.179. The Labute approximate surface area is 257 Å². The second-order valence-corrected chi connectivity index (χ2v) is 14.1. The van der Waals surface area contributed by atoms with E-state index in [4.69, 9.17) is 23.2 Å². The summed E-state index contributed by atoms with van der Waals surface area (Å²) in [6.07, 6.45) is 5.39. The van der Waals surface area contributed by atoms with Gasteiger partial charge in [0, 0.05) is 38.0 Å². The summed E-state index contributed by atoms with van der Waals surface area (Å²) in [5.41, 5.74) is 4.10. The van der Waals surface area contributed by atoms with Crippen molar-refractivity contribution in [3.63, 3.8) is 0 Å². The van der Waals surface area contributed by atoms with E-state index in [1.54, 1.807) is 4.90 Å². The van der Waals surface area contributed by atoms with Crippen molar-refractivity contribution < 1.29 is 9.59 Å². The quantitative estimate of drug-likeness (QED) is 0.330. The zero-order chi connectivity index (χ0) is 29.9. The van der Waals surface area contributed by atoms with Gasteiger partial charge in [0.2, 0.25) is 11.8 Å². The molecule has 0 N–H and O–H groups in total. The third-order valence-electron chi connectivity index (χ3n) is 9.57. The third-order valence-corrected chi connectivity index (χ3v) is 10.3. The number of likely N-dealkylation sites (tertiary alicyclic amines) is 2. The second-order valence-electron chi connectivity index (χ2n) is 13.3. The van der Waals surface area contributed by atoms with Gasteiger partial charge in [-0.25, -0.2) is 0 Å². The molecule has 2 aliphatic heterocycles. The minimum atomic E-state index is -0.350. The van der Waals surface area contributed by atoms with E-state index in [0.29, 0.717) is 28.9 Å². The highest BCUT2D eigenvalue weighted by Crippen LogP contribution is 2.41. The lowest BCUT2D eigenvalue weighted by Crippen LogP contribution is -2.51. The van der Waals surface area contributed by atoms with Crippen molar-refractivity contribution in [2.24, 2.45) is 11.3 Å². The number of halogens is 2.